The van der Waals surface area contributed by atoms with E-state index in [9.17, 15) is 4.79 Å². The van der Waals surface area contributed by atoms with Crippen LogP contribution in [-0.2, 0) is 11.3 Å². The molecule has 0 aliphatic heterocycles. The van der Waals surface area contributed by atoms with Crippen molar-refractivity contribution in [2.75, 3.05) is 6.54 Å². The van der Waals surface area contributed by atoms with Gasteiger partial charge in [0.2, 0.25) is 5.91 Å². The van der Waals surface area contributed by atoms with Gasteiger partial charge in [0, 0.05) is 10.8 Å². The summed E-state index contributed by atoms with van der Waals surface area (Å²) in [4.78, 5) is 13.1. The van der Waals surface area contributed by atoms with Crippen molar-refractivity contribution in [2.45, 2.75) is 25.8 Å². The van der Waals surface area contributed by atoms with Crippen LogP contribution in [0.1, 0.15) is 24.1 Å². The fourth-order valence-corrected chi connectivity index (χ4v) is 3.44. The number of carbonyl (C=O) groups excluding carboxylic acids is 1. The van der Waals surface area contributed by atoms with E-state index in [0.29, 0.717) is 19.0 Å². The summed E-state index contributed by atoms with van der Waals surface area (Å²) in [5.74, 6) is 0.611. The Kier molecular flexibility index (Phi) is 4.42. The molecule has 1 aliphatic rings. The highest BCUT2D eigenvalue weighted by molar-refractivity contribution is 7.16. The summed E-state index contributed by atoms with van der Waals surface area (Å²) in [6, 6.07) is 3.80. The van der Waals surface area contributed by atoms with Crippen LogP contribution < -0.4 is 11.1 Å². The van der Waals surface area contributed by atoms with E-state index in [1.807, 2.05) is 12.1 Å². The second kappa shape index (κ2) is 5.85. The zero-order chi connectivity index (χ0) is 12.3. The number of halogens is 1. The van der Waals surface area contributed by atoms with Crippen molar-refractivity contribution in [3.63, 3.8) is 0 Å². The smallest absolute Gasteiger partial charge is 0.223 e. The maximum absolute atomic E-state index is 12.0. The van der Waals surface area contributed by atoms with Gasteiger partial charge in [-0.05, 0) is 37.4 Å². The summed E-state index contributed by atoms with van der Waals surface area (Å²) in [7, 11) is 0. The van der Waals surface area contributed by atoms with Crippen molar-refractivity contribution in [1.29, 1.82) is 0 Å². The molecule has 0 radical (unpaired) electrons. The van der Waals surface area contributed by atoms with Gasteiger partial charge in [-0.15, -0.1) is 11.3 Å². The fourth-order valence-electron chi connectivity index (χ4n) is 2.42. The fraction of sp³-hybridized carbons (Fsp3) is 0.583. The number of hydrogen-bond acceptors (Lipinski definition) is 3. The summed E-state index contributed by atoms with van der Waals surface area (Å²) in [6.07, 6.45) is 3.17. The van der Waals surface area contributed by atoms with E-state index < -0.39 is 0 Å². The Morgan fingerprint density at radius 3 is 3.00 bits per heavy atom. The molecule has 1 aliphatic carbocycles. The average Bonchev–Trinajstić information content (AvgIpc) is 2.94. The van der Waals surface area contributed by atoms with E-state index in [2.05, 4.69) is 5.32 Å². The molecule has 0 saturated heterocycles. The zero-order valence-corrected chi connectivity index (χ0v) is 11.2. The number of nitrogens with one attached hydrogen (secondary N) is 1. The van der Waals surface area contributed by atoms with Gasteiger partial charge in [0.1, 0.15) is 0 Å². The molecule has 1 heterocycles. The first kappa shape index (κ1) is 12.9. The molecule has 5 heteroatoms. The van der Waals surface area contributed by atoms with E-state index >= 15 is 0 Å². The highest BCUT2D eigenvalue weighted by atomic mass is 35.5. The molecule has 0 spiro atoms. The maximum atomic E-state index is 12.0. The number of nitrogens with two attached hydrogens (primary N) is 1. The molecule has 2 atom stereocenters. The molecule has 0 unspecified atom stereocenters. The largest absolute Gasteiger partial charge is 0.351 e. The van der Waals surface area contributed by atoms with Crippen LogP contribution in [0.5, 0.6) is 0 Å². The maximum Gasteiger partial charge on any atom is 0.223 e. The molecular weight excluding hydrogens is 256 g/mol. The Morgan fingerprint density at radius 2 is 2.35 bits per heavy atom. The number of thiophene rings is 1. The second-order valence-corrected chi connectivity index (χ2v) is 6.26. The number of hydrogen-bond donors (Lipinski definition) is 2. The van der Waals surface area contributed by atoms with Gasteiger partial charge in [-0.2, -0.15) is 0 Å². The summed E-state index contributed by atoms with van der Waals surface area (Å²) in [5, 5.41) is 2.98. The number of carbonyl (C=O) groups is 1. The summed E-state index contributed by atoms with van der Waals surface area (Å²) < 4.78 is 0.759. The zero-order valence-electron chi connectivity index (χ0n) is 9.62. The molecule has 94 valence electrons. The van der Waals surface area contributed by atoms with E-state index in [4.69, 9.17) is 17.3 Å². The lowest BCUT2D eigenvalue weighted by Gasteiger charge is -2.16. The lowest BCUT2D eigenvalue weighted by Crippen LogP contribution is -2.34. The first-order chi connectivity index (χ1) is 8.20. The molecule has 1 aromatic rings. The third kappa shape index (κ3) is 3.21. The topological polar surface area (TPSA) is 55.1 Å². The Labute approximate surface area is 110 Å². The Morgan fingerprint density at radius 1 is 1.53 bits per heavy atom. The monoisotopic (exact) mass is 272 g/mol. The van der Waals surface area contributed by atoms with Crippen molar-refractivity contribution in [3.8, 4) is 0 Å². The van der Waals surface area contributed by atoms with Crippen LogP contribution in [0.2, 0.25) is 4.34 Å². The first-order valence-corrected chi connectivity index (χ1v) is 7.12. The third-order valence-corrected chi connectivity index (χ3v) is 4.60. The molecule has 17 heavy (non-hydrogen) atoms. The average molecular weight is 273 g/mol. The van der Waals surface area contributed by atoms with Gasteiger partial charge in [-0.25, -0.2) is 0 Å². The van der Waals surface area contributed by atoms with Crippen LogP contribution in [-0.4, -0.2) is 12.5 Å². The van der Waals surface area contributed by atoms with E-state index in [1.165, 1.54) is 11.3 Å². The highest BCUT2D eigenvalue weighted by Crippen LogP contribution is 2.31. The quantitative estimate of drug-likeness (QED) is 0.884. The molecule has 0 bridgehead atoms. The van der Waals surface area contributed by atoms with Gasteiger partial charge in [0.25, 0.3) is 0 Å². The van der Waals surface area contributed by atoms with Crippen molar-refractivity contribution < 1.29 is 4.79 Å². The highest BCUT2D eigenvalue weighted by Gasteiger charge is 2.31. The standard InChI is InChI=1S/C12H17ClN2OS/c13-11-5-4-9(17-11)7-15-12(16)10-3-1-2-8(10)6-14/h4-5,8,10H,1-3,6-7,14H2,(H,15,16)/t8-,10-/m1/s1. The Bertz CT molecular complexity index is 394. The van der Waals surface area contributed by atoms with E-state index in [0.717, 1.165) is 28.5 Å². The Hall–Kier alpha value is -0.580. The van der Waals surface area contributed by atoms with Crippen LogP contribution in [0, 0.1) is 11.8 Å². The van der Waals surface area contributed by atoms with Gasteiger partial charge in [0.05, 0.1) is 10.9 Å². The second-order valence-electron chi connectivity index (χ2n) is 4.46. The van der Waals surface area contributed by atoms with Gasteiger partial charge >= 0.3 is 0 Å². The van der Waals surface area contributed by atoms with Gasteiger partial charge in [-0.3, -0.25) is 4.79 Å². The normalized spacial score (nSPS) is 23.9. The molecule has 3 nitrogen and oxygen atoms in total. The molecule has 1 amide bonds. The van der Waals surface area contributed by atoms with Crippen molar-refractivity contribution in [1.82, 2.24) is 5.32 Å². The number of amides is 1. The van der Waals surface area contributed by atoms with Crippen LogP contribution in [0.15, 0.2) is 12.1 Å². The molecule has 1 fully saturated rings. The van der Waals surface area contributed by atoms with Gasteiger partial charge < -0.3 is 11.1 Å². The SMILES string of the molecule is NC[C@H]1CCC[C@H]1C(=O)NCc1ccc(Cl)s1. The minimum absolute atomic E-state index is 0.107. The van der Waals surface area contributed by atoms with E-state index in [-0.39, 0.29) is 11.8 Å². The molecule has 1 aromatic heterocycles. The molecule has 2 rings (SSSR count). The van der Waals surface area contributed by atoms with Crippen molar-refractivity contribution in [2.24, 2.45) is 17.6 Å². The van der Waals surface area contributed by atoms with Crippen LogP contribution in [0.3, 0.4) is 0 Å². The van der Waals surface area contributed by atoms with Gasteiger partial charge in [0.15, 0.2) is 0 Å². The summed E-state index contributed by atoms with van der Waals surface area (Å²) in [5.41, 5.74) is 5.68. The van der Waals surface area contributed by atoms with Crippen LogP contribution in [0.4, 0.5) is 0 Å². The third-order valence-electron chi connectivity index (χ3n) is 3.36. The van der Waals surface area contributed by atoms with Gasteiger partial charge in [-0.1, -0.05) is 18.0 Å². The molecular formula is C12H17ClN2OS. The lowest BCUT2D eigenvalue weighted by molar-refractivity contribution is -0.126. The summed E-state index contributed by atoms with van der Waals surface area (Å²) in [6.45, 7) is 1.19. The van der Waals surface area contributed by atoms with Crippen molar-refractivity contribution >= 4 is 28.8 Å². The molecule has 3 N–H and O–H groups in total. The van der Waals surface area contributed by atoms with Crippen molar-refractivity contribution in [3.05, 3.63) is 21.3 Å². The number of rotatable bonds is 4. The van der Waals surface area contributed by atoms with E-state index in [1.54, 1.807) is 0 Å². The first-order valence-electron chi connectivity index (χ1n) is 5.92. The molecule has 0 aromatic carbocycles. The minimum Gasteiger partial charge on any atom is -0.351 e. The summed E-state index contributed by atoms with van der Waals surface area (Å²) >= 11 is 7.34. The lowest BCUT2D eigenvalue weighted by atomic mass is 9.95. The Balaban J connectivity index is 1.84. The predicted molar refractivity (Wildman–Crippen MR) is 71.1 cm³/mol. The van der Waals surface area contributed by atoms with Crippen LogP contribution in [0.25, 0.3) is 0 Å². The molecule has 1 saturated carbocycles. The predicted octanol–water partition coefficient (Wildman–Crippen LogP) is 2.39. The van der Waals surface area contributed by atoms with Crippen LogP contribution >= 0.6 is 22.9 Å². The minimum atomic E-state index is 0.107.